The highest BCUT2D eigenvalue weighted by molar-refractivity contribution is 7.18. The Balaban J connectivity index is 1.52. The van der Waals surface area contributed by atoms with Crippen LogP contribution in [0.25, 0.3) is 0 Å². The molecule has 0 aliphatic heterocycles. The van der Waals surface area contributed by atoms with Gasteiger partial charge in [-0.25, -0.2) is 9.59 Å². The quantitative estimate of drug-likeness (QED) is 0.270. The predicted octanol–water partition coefficient (Wildman–Crippen LogP) is 4.21. The summed E-state index contributed by atoms with van der Waals surface area (Å²) in [5.74, 6) is 0.312. The van der Waals surface area contributed by atoms with Crippen LogP contribution >= 0.6 is 9.24 Å². The number of hydrogen-bond acceptors (Lipinski definition) is 6. The van der Waals surface area contributed by atoms with Crippen LogP contribution in [0.4, 0.5) is 0 Å². The molecule has 0 spiro atoms. The fourth-order valence-electron chi connectivity index (χ4n) is 7.20. The average molecular weight is 452 g/mol. The van der Waals surface area contributed by atoms with Crippen LogP contribution in [0.3, 0.4) is 0 Å². The first kappa shape index (κ1) is 23.2. The monoisotopic (exact) mass is 451 g/mol. The third-order valence-electron chi connectivity index (χ3n) is 8.13. The molecule has 2 N–H and O–H groups in total. The van der Waals surface area contributed by atoms with Gasteiger partial charge in [0.2, 0.25) is 6.23 Å². The minimum atomic E-state index is -1.13. The second-order valence-electron chi connectivity index (χ2n) is 10.7. The summed E-state index contributed by atoms with van der Waals surface area (Å²) in [7, 11) is 2.72. The zero-order valence-corrected chi connectivity index (χ0v) is 20.1. The molecule has 0 amide bonds. The molecule has 5 saturated carbocycles. The summed E-state index contributed by atoms with van der Waals surface area (Å²) in [5, 5.41) is -0.528. The highest BCUT2D eigenvalue weighted by atomic mass is 31.0. The number of ether oxygens (including phenoxy) is 3. The van der Waals surface area contributed by atoms with Gasteiger partial charge in [-0.2, -0.15) is 0 Å². The normalized spacial score (nSPS) is 39.0. The van der Waals surface area contributed by atoms with Crippen LogP contribution in [-0.2, 0) is 23.8 Å². The maximum Gasteiger partial charge on any atom is 0.351 e. The van der Waals surface area contributed by atoms with Gasteiger partial charge in [-0.1, -0.05) is 35.6 Å². The van der Waals surface area contributed by atoms with Gasteiger partial charge in [0.1, 0.15) is 10.9 Å². The van der Waals surface area contributed by atoms with Crippen LogP contribution in [0.2, 0.25) is 0 Å². The van der Waals surface area contributed by atoms with Crippen molar-refractivity contribution in [1.82, 2.24) is 0 Å². The average Bonchev–Trinajstić information content (AvgIpc) is 2.66. The summed E-state index contributed by atoms with van der Waals surface area (Å²) in [6, 6.07) is 0. The van der Waals surface area contributed by atoms with E-state index < -0.39 is 28.7 Å². The van der Waals surface area contributed by atoms with Crippen LogP contribution in [0, 0.1) is 17.8 Å². The van der Waals surface area contributed by atoms with E-state index in [9.17, 15) is 9.59 Å². The zero-order valence-electron chi connectivity index (χ0n) is 19.0. The first-order valence-corrected chi connectivity index (χ1v) is 12.5. The van der Waals surface area contributed by atoms with Gasteiger partial charge in [-0.05, 0) is 76.0 Å². The third-order valence-corrected chi connectivity index (χ3v) is 8.82. The van der Waals surface area contributed by atoms with Gasteiger partial charge in [0.15, 0.2) is 0 Å². The number of carbonyl (C=O) groups is 2. The number of hydrogen-bond donors (Lipinski definition) is 1. The molecule has 4 bridgehead atoms. The molecular formula is C24H38NO5P. The molecule has 0 aromatic heterocycles. The Morgan fingerprint density at radius 3 is 2.52 bits per heavy atom. The number of rotatable bonds is 7. The molecule has 7 unspecified atom stereocenters. The van der Waals surface area contributed by atoms with Gasteiger partial charge in [-0.3, -0.25) is 5.73 Å². The van der Waals surface area contributed by atoms with E-state index >= 15 is 0 Å². The molecule has 6 nitrogen and oxygen atoms in total. The van der Waals surface area contributed by atoms with Crippen molar-refractivity contribution >= 4 is 21.2 Å². The summed E-state index contributed by atoms with van der Waals surface area (Å²) in [5.41, 5.74) is 5.62. The van der Waals surface area contributed by atoms with E-state index in [1.165, 1.54) is 6.42 Å². The topological polar surface area (TPSA) is 87.9 Å². The van der Waals surface area contributed by atoms with E-state index in [0.29, 0.717) is 29.7 Å². The lowest BCUT2D eigenvalue weighted by Crippen LogP contribution is -2.67. The molecule has 0 radical (unpaired) electrons. The van der Waals surface area contributed by atoms with Crippen LogP contribution in [0.15, 0.2) is 12.2 Å². The van der Waals surface area contributed by atoms with E-state index in [-0.39, 0.29) is 5.97 Å². The molecular weight excluding hydrogens is 413 g/mol. The van der Waals surface area contributed by atoms with Gasteiger partial charge < -0.3 is 14.2 Å². The second kappa shape index (κ2) is 8.43. The Bertz CT molecular complexity index is 750. The van der Waals surface area contributed by atoms with Crippen LogP contribution < -0.4 is 5.73 Å². The molecule has 0 heterocycles. The SMILES string of the molecule is C=C(C)C(=O)OC12CC3CC(C1)C(CC)C(OC(N)C(=O)OC1(P)CCCCC1)(C3)C2. The molecule has 0 aromatic rings. The lowest BCUT2D eigenvalue weighted by molar-refractivity contribution is -0.271. The van der Waals surface area contributed by atoms with Crippen molar-refractivity contribution in [3.05, 3.63) is 12.2 Å². The first-order valence-electron chi connectivity index (χ1n) is 11.9. The number of carbonyl (C=O) groups excluding carboxylic acids is 2. The zero-order chi connectivity index (χ0) is 22.4. The lowest BCUT2D eigenvalue weighted by Gasteiger charge is -2.64. The smallest absolute Gasteiger partial charge is 0.351 e. The molecule has 31 heavy (non-hydrogen) atoms. The molecule has 0 saturated heterocycles. The highest BCUT2D eigenvalue weighted by Gasteiger charge is 2.65. The maximum absolute atomic E-state index is 12.9. The van der Waals surface area contributed by atoms with E-state index in [2.05, 4.69) is 22.7 Å². The molecule has 5 aliphatic rings. The summed E-state index contributed by atoms with van der Waals surface area (Å²) in [6.45, 7) is 7.60. The molecule has 7 heteroatoms. The van der Waals surface area contributed by atoms with Gasteiger partial charge in [0, 0.05) is 12.0 Å². The van der Waals surface area contributed by atoms with Crippen molar-refractivity contribution in [2.24, 2.45) is 23.5 Å². The van der Waals surface area contributed by atoms with Crippen molar-refractivity contribution in [3.63, 3.8) is 0 Å². The molecule has 5 aliphatic carbocycles. The summed E-state index contributed by atoms with van der Waals surface area (Å²) in [4.78, 5) is 25.3. The Hall–Kier alpha value is -0.970. The lowest BCUT2D eigenvalue weighted by atomic mass is 9.47. The maximum atomic E-state index is 12.9. The minimum absolute atomic E-state index is 0.305. The molecule has 0 aromatic carbocycles. The van der Waals surface area contributed by atoms with Gasteiger partial charge in [0.05, 0.1) is 5.60 Å². The second-order valence-corrected chi connectivity index (χ2v) is 11.7. The third kappa shape index (κ3) is 4.45. The Kier molecular flexibility index (Phi) is 6.30. The standard InChI is InChI=1S/C24H38NO5P/c1-4-18-17-10-16-11-22(13-17,29-20(26)15(2)3)14-23(18,12-16)28-19(25)21(27)30-24(31)8-6-5-7-9-24/h16-19H,2,4-14,25,31H2,1,3H3. The van der Waals surface area contributed by atoms with Crippen molar-refractivity contribution in [2.75, 3.05) is 0 Å². The fraction of sp³-hybridized carbons (Fsp3) is 0.833. The number of esters is 2. The minimum Gasteiger partial charge on any atom is -0.456 e. The summed E-state index contributed by atoms with van der Waals surface area (Å²) in [6.07, 6.45) is 9.08. The van der Waals surface area contributed by atoms with Crippen molar-refractivity contribution < 1.29 is 23.8 Å². The molecule has 174 valence electrons. The van der Waals surface area contributed by atoms with Crippen LogP contribution in [0.1, 0.15) is 84.5 Å². The highest BCUT2D eigenvalue weighted by Crippen LogP contribution is 2.63. The first-order chi connectivity index (χ1) is 14.6. The van der Waals surface area contributed by atoms with Gasteiger partial charge in [0.25, 0.3) is 0 Å². The number of nitrogens with two attached hydrogens (primary N) is 1. The molecule has 5 fully saturated rings. The predicted molar refractivity (Wildman–Crippen MR) is 121 cm³/mol. The van der Waals surface area contributed by atoms with E-state index in [4.69, 9.17) is 19.9 Å². The fourth-order valence-corrected chi connectivity index (χ4v) is 7.73. The van der Waals surface area contributed by atoms with Crippen molar-refractivity contribution in [2.45, 2.75) is 107 Å². The molecule has 5 rings (SSSR count). The largest absolute Gasteiger partial charge is 0.456 e. The Labute approximate surface area is 188 Å². The van der Waals surface area contributed by atoms with Gasteiger partial charge in [-0.15, -0.1) is 0 Å². The summed E-state index contributed by atoms with van der Waals surface area (Å²) >= 11 is 0. The van der Waals surface area contributed by atoms with Crippen LogP contribution in [0.5, 0.6) is 0 Å². The van der Waals surface area contributed by atoms with Crippen molar-refractivity contribution in [1.29, 1.82) is 0 Å². The summed E-state index contributed by atoms with van der Waals surface area (Å²) < 4.78 is 18.3. The van der Waals surface area contributed by atoms with E-state index in [0.717, 1.165) is 57.8 Å². The van der Waals surface area contributed by atoms with E-state index in [1.54, 1.807) is 6.92 Å². The molecule has 7 atom stereocenters. The van der Waals surface area contributed by atoms with Crippen molar-refractivity contribution in [3.8, 4) is 0 Å². The van der Waals surface area contributed by atoms with Gasteiger partial charge >= 0.3 is 11.9 Å². The Morgan fingerprint density at radius 1 is 1.16 bits per heavy atom. The Morgan fingerprint density at radius 2 is 1.87 bits per heavy atom. The van der Waals surface area contributed by atoms with E-state index in [1.807, 2.05) is 0 Å². The van der Waals surface area contributed by atoms with Crippen LogP contribution in [-0.4, -0.2) is 34.7 Å².